The van der Waals surface area contributed by atoms with Gasteiger partial charge in [-0.2, -0.15) is 0 Å². The summed E-state index contributed by atoms with van der Waals surface area (Å²) < 4.78 is 0. The summed E-state index contributed by atoms with van der Waals surface area (Å²) in [6.07, 6.45) is 9.56. The largest absolute Gasteiger partial charge is 0.354 e. The van der Waals surface area contributed by atoms with Crippen molar-refractivity contribution in [1.82, 2.24) is 10.2 Å². The number of rotatable bonds is 6. The van der Waals surface area contributed by atoms with Crippen molar-refractivity contribution in [2.45, 2.75) is 62.9 Å². The molecule has 0 aromatic rings. The van der Waals surface area contributed by atoms with Gasteiger partial charge in [0.1, 0.15) is 0 Å². The highest BCUT2D eigenvalue weighted by Crippen LogP contribution is 2.32. The summed E-state index contributed by atoms with van der Waals surface area (Å²) in [5, 5.41) is 2.95. The molecular weight excluding hydrogens is 226 g/mol. The Morgan fingerprint density at radius 3 is 2.61 bits per heavy atom. The Bertz CT molecular complexity index is 283. The third-order valence-corrected chi connectivity index (χ3v) is 4.41. The van der Waals surface area contributed by atoms with Crippen LogP contribution in [0.25, 0.3) is 0 Å². The van der Waals surface area contributed by atoms with Crippen molar-refractivity contribution in [2.24, 2.45) is 5.73 Å². The molecule has 1 amide bonds. The van der Waals surface area contributed by atoms with E-state index in [1.54, 1.807) is 0 Å². The van der Waals surface area contributed by atoms with Gasteiger partial charge in [0, 0.05) is 12.6 Å². The van der Waals surface area contributed by atoms with E-state index < -0.39 is 5.54 Å². The van der Waals surface area contributed by atoms with Crippen molar-refractivity contribution >= 4 is 5.91 Å². The second-order valence-electron chi connectivity index (χ2n) is 6.04. The summed E-state index contributed by atoms with van der Waals surface area (Å²) >= 11 is 0. The van der Waals surface area contributed by atoms with Crippen LogP contribution in [-0.4, -0.2) is 42.5 Å². The van der Waals surface area contributed by atoms with Crippen LogP contribution in [0.4, 0.5) is 0 Å². The van der Waals surface area contributed by atoms with Crippen LogP contribution in [-0.2, 0) is 4.79 Å². The first-order valence-corrected chi connectivity index (χ1v) is 7.39. The highest BCUT2D eigenvalue weighted by atomic mass is 16.2. The molecule has 0 atom stereocenters. The van der Waals surface area contributed by atoms with Crippen molar-refractivity contribution in [1.29, 1.82) is 0 Å². The lowest BCUT2D eigenvalue weighted by Crippen LogP contribution is -2.43. The molecule has 0 bridgehead atoms. The molecule has 2 aliphatic carbocycles. The SMILES string of the molecule is CN(CCCNC(=O)C1(N)CC1)C1CCCCC1. The number of nitrogens with two attached hydrogens (primary N) is 1. The van der Waals surface area contributed by atoms with Gasteiger partial charge in [-0.3, -0.25) is 4.79 Å². The molecular formula is C14H27N3O. The fourth-order valence-electron chi connectivity index (χ4n) is 2.77. The lowest BCUT2D eigenvalue weighted by atomic mass is 9.94. The standard InChI is InChI=1S/C14H27N3O/c1-17(12-6-3-2-4-7-12)11-5-10-16-13(18)14(15)8-9-14/h12H,2-11,15H2,1H3,(H,16,18). The summed E-state index contributed by atoms with van der Waals surface area (Å²) in [7, 11) is 2.21. The molecule has 2 fully saturated rings. The van der Waals surface area contributed by atoms with Crippen molar-refractivity contribution in [2.75, 3.05) is 20.1 Å². The van der Waals surface area contributed by atoms with Crippen LogP contribution < -0.4 is 11.1 Å². The van der Waals surface area contributed by atoms with Gasteiger partial charge in [0.2, 0.25) is 5.91 Å². The molecule has 0 spiro atoms. The highest BCUT2D eigenvalue weighted by Gasteiger charge is 2.45. The monoisotopic (exact) mass is 253 g/mol. The zero-order valence-corrected chi connectivity index (χ0v) is 11.6. The number of nitrogens with one attached hydrogen (secondary N) is 1. The van der Waals surface area contributed by atoms with Gasteiger partial charge in [-0.25, -0.2) is 0 Å². The van der Waals surface area contributed by atoms with Crippen LogP contribution in [0.2, 0.25) is 0 Å². The Balaban J connectivity index is 1.55. The Labute approximate surface area is 110 Å². The van der Waals surface area contributed by atoms with E-state index in [2.05, 4.69) is 17.3 Å². The van der Waals surface area contributed by atoms with E-state index in [0.717, 1.165) is 38.4 Å². The maximum absolute atomic E-state index is 11.6. The van der Waals surface area contributed by atoms with Gasteiger partial charge < -0.3 is 16.0 Å². The molecule has 4 nitrogen and oxygen atoms in total. The van der Waals surface area contributed by atoms with Gasteiger partial charge in [0.25, 0.3) is 0 Å². The van der Waals surface area contributed by atoms with E-state index in [1.165, 1.54) is 32.1 Å². The van der Waals surface area contributed by atoms with Crippen molar-refractivity contribution in [3.05, 3.63) is 0 Å². The molecule has 2 saturated carbocycles. The molecule has 0 aromatic heterocycles. The lowest BCUT2D eigenvalue weighted by Gasteiger charge is -2.31. The molecule has 2 rings (SSSR count). The third kappa shape index (κ3) is 3.69. The first-order chi connectivity index (χ1) is 8.62. The molecule has 3 N–H and O–H groups in total. The van der Waals surface area contributed by atoms with Crippen LogP contribution in [0.5, 0.6) is 0 Å². The van der Waals surface area contributed by atoms with Gasteiger partial charge in [0.05, 0.1) is 5.54 Å². The lowest BCUT2D eigenvalue weighted by molar-refractivity contribution is -0.123. The van der Waals surface area contributed by atoms with Crippen molar-refractivity contribution in [3.8, 4) is 0 Å². The quantitative estimate of drug-likeness (QED) is 0.700. The Morgan fingerprint density at radius 1 is 1.33 bits per heavy atom. The molecule has 104 valence electrons. The van der Waals surface area contributed by atoms with Gasteiger partial charge >= 0.3 is 0 Å². The summed E-state index contributed by atoms with van der Waals surface area (Å²) in [5.74, 6) is 0.0443. The number of amides is 1. The summed E-state index contributed by atoms with van der Waals surface area (Å²) in [6.45, 7) is 1.83. The van der Waals surface area contributed by atoms with E-state index >= 15 is 0 Å². The predicted octanol–water partition coefficient (Wildman–Crippen LogP) is 1.25. The fraction of sp³-hybridized carbons (Fsp3) is 0.929. The van der Waals surface area contributed by atoms with E-state index in [0.29, 0.717) is 0 Å². The van der Waals surface area contributed by atoms with Gasteiger partial charge in [-0.05, 0) is 45.7 Å². The van der Waals surface area contributed by atoms with Gasteiger partial charge in [-0.15, -0.1) is 0 Å². The van der Waals surface area contributed by atoms with E-state index in [9.17, 15) is 4.79 Å². The molecule has 2 aliphatic rings. The Kier molecular flexibility index (Phi) is 4.62. The summed E-state index contributed by atoms with van der Waals surface area (Å²) in [5.41, 5.74) is 5.31. The van der Waals surface area contributed by atoms with E-state index in [1.807, 2.05) is 0 Å². The molecule has 0 unspecified atom stereocenters. The first kappa shape index (κ1) is 13.8. The fourth-order valence-corrected chi connectivity index (χ4v) is 2.77. The molecule has 0 aliphatic heterocycles. The van der Waals surface area contributed by atoms with Gasteiger partial charge in [-0.1, -0.05) is 19.3 Å². The summed E-state index contributed by atoms with van der Waals surface area (Å²) in [6, 6.07) is 0.763. The van der Waals surface area contributed by atoms with Crippen LogP contribution in [0.15, 0.2) is 0 Å². The minimum atomic E-state index is -0.519. The first-order valence-electron chi connectivity index (χ1n) is 7.39. The molecule has 0 aromatic carbocycles. The summed E-state index contributed by atoms with van der Waals surface area (Å²) in [4.78, 5) is 14.1. The molecule has 4 heteroatoms. The highest BCUT2D eigenvalue weighted by molar-refractivity contribution is 5.88. The molecule has 0 radical (unpaired) electrons. The van der Waals surface area contributed by atoms with Crippen LogP contribution >= 0.6 is 0 Å². The second kappa shape index (κ2) is 6.02. The van der Waals surface area contributed by atoms with Gasteiger partial charge in [0.15, 0.2) is 0 Å². The van der Waals surface area contributed by atoms with Crippen LogP contribution in [0.1, 0.15) is 51.4 Å². The number of carbonyl (C=O) groups excluding carboxylic acids is 1. The van der Waals surface area contributed by atoms with Crippen LogP contribution in [0.3, 0.4) is 0 Å². The normalized spacial score (nSPS) is 23.1. The number of carbonyl (C=O) groups is 1. The Morgan fingerprint density at radius 2 is 2.00 bits per heavy atom. The number of nitrogens with zero attached hydrogens (tertiary/aromatic N) is 1. The van der Waals surface area contributed by atoms with Crippen molar-refractivity contribution < 1.29 is 4.79 Å². The average Bonchev–Trinajstić information content (AvgIpc) is 3.14. The second-order valence-corrected chi connectivity index (χ2v) is 6.04. The zero-order valence-electron chi connectivity index (χ0n) is 11.6. The molecule has 0 heterocycles. The maximum atomic E-state index is 11.6. The minimum Gasteiger partial charge on any atom is -0.354 e. The van der Waals surface area contributed by atoms with Crippen LogP contribution in [0, 0.1) is 0 Å². The van der Waals surface area contributed by atoms with Crippen molar-refractivity contribution in [3.63, 3.8) is 0 Å². The Hall–Kier alpha value is -0.610. The predicted molar refractivity (Wildman–Crippen MR) is 73.3 cm³/mol. The van der Waals surface area contributed by atoms with E-state index in [4.69, 9.17) is 5.73 Å². The average molecular weight is 253 g/mol. The number of hydrogen-bond donors (Lipinski definition) is 2. The smallest absolute Gasteiger partial charge is 0.240 e. The minimum absolute atomic E-state index is 0.0443. The van der Waals surface area contributed by atoms with E-state index in [-0.39, 0.29) is 5.91 Å². The number of hydrogen-bond acceptors (Lipinski definition) is 3. The topological polar surface area (TPSA) is 58.4 Å². The molecule has 18 heavy (non-hydrogen) atoms. The third-order valence-electron chi connectivity index (χ3n) is 4.41. The maximum Gasteiger partial charge on any atom is 0.240 e. The zero-order chi connectivity index (χ0) is 13.0. The molecule has 0 saturated heterocycles.